The van der Waals surface area contributed by atoms with Crippen LogP contribution in [0.3, 0.4) is 0 Å². The quantitative estimate of drug-likeness (QED) is 0.401. The summed E-state index contributed by atoms with van der Waals surface area (Å²) in [7, 11) is 1.57. The van der Waals surface area contributed by atoms with Gasteiger partial charge in [0.15, 0.2) is 0 Å². The summed E-state index contributed by atoms with van der Waals surface area (Å²) < 4.78 is 43.7. The zero-order valence-electron chi connectivity index (χ0n) is 16.4. The van der Waals surface area contributed by atoms with Gasteiger partial charge in [-0.2, -0.15) is 0 Å². The molecule has 0 atom stereocenters. The maximum Gasteiger partial charge on any atom is 0.344 e. The summed E-state index contributed by atoms with van der Waals surface area (Å²) in [5, 5.41) is 0.741. The fourth-order valence-corrected chi connectivity index (χ4v) is 3.34. The van der Waals surface area contributed by atoms with Crippen LogP contribution in [0.1, 0.15) is 11.1 Å². The molecule has 0 spiro atoms. The number of ether oxygens (including phenoxy) is 2. The highest BCUT2D eigenvalue weighted by Gasteiger charge is 2.15. The largest absolute Gasteiger partial charge is 0.497 e. The van der Waals surface area contributed by atoms with Crippen molar-refractivity contribution < 1.29 is 22.7 Å². The number of hydrogen-bond donors (Lipinski definition) is 0. The Morgan fingerprint density at radius 1 is 0.933 bits per heavy atom. The summed E-state index contributed by atoms with van der Waals surface area (Å²) >= 11 is 0. The summed E-state index contributed by atoms with van der Waals surface area (Å²) in [6, 6.07) is 15.8. The summed E-state index contributed by atoms with van der Waals surface area (Å²) in [4.78, 5) is 12.7. The minimum atomic E-state index is -0.678. The second-order valence-corrected chi connectivity index (χ2v) is 6.76. The molecule has 0 saturated heterocycles. The smallest absolute Gasteiger partial charge is 0.344 e. The first-order valence-electron chi connectivity index (χ1n) is 9.25. The normalized spacial score (nSPS) is 10.9. The van der Waals surface area contributed by atoms with Gasteiger partial charge < -0.3 is 13.9 Å². The van der Waals surface area contributed by atoms with Crippen LogP contribution in [0.5, 0.6) is 11.5 Å². The molecule has 0 aliphatic carbocycles. The lowest BCUT2D eigenvalue weighted by Gasteiger charge is -2.11. The Morgan fingerprint density at radius 3 is 2.27 bits per heavy atom. The number of fused-ring (bicyclic) bond motifs is 1. The third-order valence-corrected chi connectivity index (χ3v) is 4.96. The molecule has 6 heteroatoms. The number of rotatable bonds is 5. The van der Waals surface area contributed by atoms with Crippen LogP contribution in [0.25, 0.3) is 22.1 Å². The molecule has 4 aromatic rings. The van der Waals surface area contributed by atoms with E-state index in [4.69, 9.17) is 13.9 Å². The minimum absolute atomic E-state index is 0.162. The van der Waals surface area contributed by atoms with Gasteiger partial charge in [0.25, 0.3) is 0 Å². The molecule has 152 valence electrons. The van der Waals surface area contributed by atoms with Crippen molar-refractivity contribution in [1.82, 2.24) is 0 Å². The average Bonchev–Trinajstić information content (AvgIpc) is 2.73. The Hall–Kier alpha value is -3.67. The maximum absolute atomic E-state index is 13.8. The zero-order valence-corrected chi connectivity index (χ0v) is 16.4. The topological polar surface area (TPSA) is 48.7 Å². The Labute approximate surface area is 171 Å². The van der Waals surface area contributed by atoms with E-state index in [0.717, 1.165) is 16.5 Å². The molecular weight excluding hydrogens is 390 g/mol. The van der Waals surface area contributed by atoms with Gasteiger partial charge in [-0.25, -0.2) is 13.6 Å². The first-order chi connectivity index (χ1) is 14.5. The molecule has 0 aliphatic rings. The fourth-order valence-electron chi connectivity index (χ4n) is 3.34. The monoisotopic (exact) mass is 408 g/mol. The fraction of sp³-hybridized carbons (Fsp3) is 0.125. The molecule has 1 aromatic heterocycles. The van der Waals surface area contributed by atoms with Crippen molar-refractivity contribution in [3.05, 3.63) is 93.8 Å². The molecule has 4 nitrogen and oxygen atoms in total. The molecule has 0 unspecified atom stereocenters. The van der Waals surface area contributed by atoms with Crippen molar-refractivity contribution in [3.63, 3.8) is 0 Å². The van der Waals surface area contributed by atoms with Crippen molar-refractivity contribution in [3.8, 4) is 22.6 Å². The minimum Gasteiger partial charge on any atom is -0.497 e. The van der Waals surface area contributed by atoms with Crippen LogP contribution < -0.4 is 15.1 Å². The van der Waals surface area contributed by atoms with Crippen molar-refractivity contribution in [2.45, 2.75) is 13.5 Å². The van der Waals surface area contributed by atoms with E-state index in [1.807, 2.05) is 6.92 Å². The second-order valence-electron chi connectivity index (χ2n) is 6.76. The molecule has 0 radical (unpaired) electrons. The highest BCUT2D eigenvalue weighted by Crippen LogP contribution is 2.30. The number of aryl methyl sites for hydroxylation is 1. The second kappa shape index (κ2) is 7.99. The van der Waals surface area contributed by atoms with E-state index in [1.165, 1.54) is 18.2 Å². The standard InChI is InChI=1S/C24H18F2O4/c1-14-18-11-10-17(29-13-19-20(25)4-3-5-21(19)26)12-22(18)30-24(27)23(14)15-6-8-16(28-2)9-7-15/h3-12H,13H2,1-2H3. The predicted molar refractivity (Wildman–Crippen MR) is 110 cm³/mol. The molecule has 4 rings (SSSR count). The lowest BCUT2D eigenvalue weighted by atomic mass is 9.99. The van der Waals surface area contributed by atoms with Crippen LogP contribution in [-0.4, -0.2) is 7.11 Å². The van der Waals surface area contributed by atoms with Gasteiger partial charge in [-0.1, -0.05) is 18.2 Å². The maximum atomic E-state index is 13.8. The summed E-state index contributed by atoms with van der Waals surface area (Å²) in [6.45, 7) is 1.56. The molecule has 0 aliphatic heterocycles. The van der Waals surface area contributed by atoms with Crippen LogP contribution in [0.2, 0.25) is 0 Å². The van der Waals surface area contributed by atoms with Crippen molar-refractivity contribution in [2.75, 3.05) is 7.11 Å². The zero-order chi connectivity index (χ0) is 21.3. The third kappa shape index (κ3) is 3.64. The average molecular weight is 408 g/mol. The van der Waals surface area contributed by atoms with Crippen LogP contribution in [0.15, 0.2) is 69.9 Å². The summed E-state index contributed by atoms with van der Waals surface area (Å²) in [5.41, 5.74) is 1.64. The lowest BCUT2D eigenvalue weighted by molar-refractivity contribution is 0.292. The van der Waals surface area contributed by atoms with Gasteiger partial charge in [-0.3, -0.25) is 0 Å². The van der Waals surface area contributed by atoms with Gasteiger partial charge in [0.05, 0.1) is 18.2 Å². The molecule has 0 amide bonds. The molecule has 30 heavy (non-hydrogen) atoms. The van der Waals surface area contributed by atoms with E-state index < -0.39 is 17.3 Å². The van der Waals surface area contributed by atoms with Gasteiger partial charge in [0.1, 0.15) is 35.3 Å². The van der Waals surface area contributed by atoms with Gasteiger partial charge in [0, 0.05) is 11.5 Å². The van der Waals surface area contributed by atoms with E-state index >= 15 is 0 Å². The number of hydrogen-bond acceptors (Lipinski definition) is 4. The van der Waals surface area contributed by atoms with Crippen LogP contribution in [0.4, 0.5) is 8.78 Å². The van der Waals surface area contributed by atoms with E-state index in [0.29, 0.717) is 22.6 Å². The van der Waals surface area contributed by atoms with E-state index in [9.17, 15) is 13.6 Å². The SMILES string of the molecule is COc1ccc(-c2c(C)c3ccc(OCc4c(F)cccc4F)cc3oc2=O)cc1. The first-order valence-corrected chi connectivity index (χ1v) is 9.25. The van der Waals surface area contributed by atoms with Crippen LogP contribution in [-0.2, 0) is 6.61 Å². The summed E-state index contributed by atoms with van der Waals surface area (Å²) in [5.74, 6) is -0.329. The van der Waals surface area contributed by atoms with Gasteiger partial charge in [0.2, 0.25) is 0 Å². The lowest BCUT2D eigenvalue weighted by Crippen LogP contribution is -2.06. The van der Waals surface area contributed by atoms with Crippen LogP contribution >= 0.6 is 0 Å². The van der Waals surface area contributed by atoms with Gasteiger partial charge >= 0.3 is 5.63 Å². The van der Waals surface area contributed by atoms with E-state index in [-0.39, 0.29) is 12.2 Å². The van der Waals surface area contributed by atoms with Gasteiger partial charge in [-0.05, 0) is 54.4 Å². The summed E-state index contributed by atoms with van der Waals surface area (Å²) in [6.07, 6.45) is 0. The molecular formula is C24H18F2O4. The molecule has 1 heterocycles. The molecule has 0 fully saturated rings. The Bertz CT molecular complexity index is 1260. The van der Waals surface area contributed by atoms with Crippen molar-refractivity contribution >= 4 is 11.0 Å². The molecule has 0 N–H and O–H groups in total. The highest BCUT2D eigenvalue weighted by atomic mass is 19.1. The van der Waals surface area contributed by atoms with Gasteiger partial charge in [-0.15, -0.1) is 0 Å². The highest BCUT2D eigenvalue weighted by molar-refractivity contribution is 5.87. The predicted octanol–water partition coefficient (Wildman–Crippen LogP) is 5.63. The Balaban J connectivity index is 1.68. The molecule has 0 bridgehead atoms. The third-order valence-electron chi connectivity index (χ3n) is 4.96. The molecule has 0 saturated carbocycles. The Morgan fingerprint density at radius 2 is 1.60 bits per heavy atom. The van der Waals surface area contributed by atoms with E-state index in [2.05, 4.69) is 0 Å². The molecule has 3 aromatic carbocycles. The van der Waals surface area contributed by atoms with Crippen LogP contribution in [0, 0.1) is 18.6 Å². The number of halogens is 2. The number of benzene rings is 3. The van der Waals surface area contributed by atoms with Crippen molar-refractivity contribution in [2.24, 2.45) is 0 Å². The van der Waals surface area contributed by atoms with E-state index in [1.54, 1.807) is 49.6 Å². The Kier molecular flexibility index (Phi) is 5.23. The number of methoxy groups -OCH3 is 1. The first kappa shape index (κ1) is 19.6. The van der Waals surface area contributed by atoms with Crippen molar-refractivity contribution in [1.29, 1.82) is 0 Å².